The first-order chi connectivity index (χ1) is 17.1. The molecule has 0 aromatic rings. The highest BCUT2D eigenvalue weighted by Crippen LogP contribution is 2.44. The van der Waals surface area contributed by atoms with Crippen LogP contribution in [0.3, 0.4) is 0 Å². The van der Waals surface area contributed by atoms with Crippen LogP contribution in [0, 0.1) is 10.8 Å². The van der Waals surface area contributed by atoms with Crippen molar-refractivity contribution in [3.8, 4) is 0 Å². The average molecular weight is 507 g/mol. The maximum absolute atomic E-state index is 13.4. The summed E-state index contributed by atoms with van der Waals surface area (Å²) in [5, 5.41) is 3.47. The Labute approximate surface area is 218 Å². The molecule has 4 aliphatic heterocycles. The number of ether oxygens (including phenoxy) is 2. The van der Waals surface area contributed by atoms with Gasteiger partial charge in [-0.1, -0.05) is 13.3 Å². The van der Waals surface area contributed by atoms with Crippen LogP contribution in [0.15, 0.2) is 0 Å². The lowest BCUT2D eigenvalue weighted by Gasteiger charge is -2.51. The average Bonchev–Trinajstić information content (AvgIpc) is 2.85. The SMILES string of the molecule is CCCCN1CCC2(CC1)CCN(C(=O)OC(C)(C)C)CC2OC(=O)N1CCC2(CCNCC2)CC1. The number of carbonyl (C=O) groups excluding carboxylic acids is 2. The highest BCUT2D eigenvalue weighted by molar-refractivity contribution is 5.69. The van der Waals surface area contributed by atoms with Crippen LogP contribution in [-0.2, 0) is 9.47 Å². The predicted molar refractivity (Wildman–Crippen MR) is 141 cm³/mol. The molecule has 4 saturated heterocycles. The molecular weight excluding hydrogens is 456 g/mol. The van der Waals surface area contributed by atoms with E-state index in [-0.39, 0.29) is 23.7 Å². The summed E-state index contributed by atoms with van der Waals surface area (Å²) < 4.78 is 12.0. The second-order valence-corrected chi connectivity index (χ2v) is 12.8. The van der Waals surface area contributed by atoms with Crippen molar-refractivity contribution in [2.75, 3.05) is 58.9 Å². The number of amides is 2. The van der Waals surface area contributed by atoms with E-state index in [1.165, 1.54) is 25.7 Å². The lowest BCUT2D eigenvalue weighted by molar-refractivity contribution is -0.0925. The van der Waals surface area contributed by atoms with E-state index < -0.39 is 5.60 Å². The fraction of sp³-hybridized carbons (Fsp3) is 0.929. The quantitative estimate of drug-likeness (QED) is 0.606. The number of nitrogens with zero attached hydrogens (tertiary/aromatic N) is 3. The maximum Gasteiger partial charge on any atom is 0.410 e. The fourth-order valence-corrected chi connectivity index (χ4v) is 6.65. The summed E-state index contributed by atoms with van der Waals surface area (Å²) in [4.78, 5) is 32.6. The van der Waals surface area contributed by atoms with Gasteiger partial charge in [0.05, 0.1) is 6.54 Å². The topological polar surface area (TPSA) is 74.4 Å². The van der Waals surface area contributed by atoms with E-state index in [0.717, 1.165) is 77.9 Å². The first-order valence-electron chi connectivity index (χ1n) is 14.5. The minimum atomic E-state index is -0.540. The van der Waals surface area contributed by atoms with Crippen LogP contribution in [0.5, 0.6) is 0 Å². The largest absolute Gasteiger partial charge is 0.444 e. The standard InChI is InChI=1S/C28H50N4O4/c1-5-6-16-30-17-11-28(12-18-30)13-21-32(25(34)36-26(2,3)4)22-23(28)35-24(33)31-19-9-27(10-20-31)7-14-29-15-8-27/h23,29H,5-22H2,1-4H3. The van der Waals surface area contributed by atoms with Crippen molar-refractivity contribution < 1.29 is 19.1 Å². The van der Waals surface area contributed by atoms with Gasteiger partial charge in [-0.05, 0) is 110 Å². The van der Waals surface area contributed by atoms with Gasteiger partial charge in [0.15, 0.2) is 0 Å². The molecule has 0 saturated carbocycles. The Morgan fingerprint density at radius 2 is 1.47 bits per heavy atom. The van der Waals surface area contributed by atoms with Crippen molar-refractivity contribution in [3.63, 3.8) is 0 Å². The van der Waals surface area contributed by atoms with Gasteiger partial charge in [0.1, 0.15) is 11.7 Å². The minimum Gasteiger partial charge on any atom is -0.444 e. The second kappa shape index (κ2) is 11.5. The molecule has 0 aromatic heterocycles. The van der Waals surface area contributed by atoms with E-state index in [1.807, 2.05) is 25.7 Å². The zero-order chi connectivity index (χ0) is 25.8. The lowest BCUT2D eigenvalue weighted by Crippen LogP contribution is -2.59. The molecule has 1 atom stereocenters. The van der Waals surface area contributed by atoms with E-state index in [2.05, 4.69) is 17.1 Å². The van der Waals surface area contributed by atoms with E-state index in [4.69, 9.17) is 9.47 Å². The minimum absolute atomic E-state index is 0.0526. The Bertz CT molecular complexity index is 743. The molecule has 1 unspecified atom stereocenters. The van der Waals surface area contributed by atoms with E-state index >= 15 is 0 Å². The van der Waals surface area contributed by atoms with Gasteiger partial charge in [-0.3, -0.25) is 0 Å². The molecule has 0 bridgehead atoms. The summed E-state index contributed by atoms with van der Waals surface area (Å²) in [6, 6.07) is 0. The molecule has 8 heteroatoms. The summed E-state index contributed by atoms with van der Waals surface area (Å²) in [7, 11) is 0. The second-order valence-electron chi connectivity index (χ2n) is 12.8. The number of hydrogen-bond acceptors (Lipinski definition) is 6. The number of carbonyl (C=O) groups is 2. The molecule has 206 valence electrons. The van der Waals surface area contributed by atoms with Crippen LogP contribution in [-0.4, -0.2) is 97.5 Å². The van der Waals surface area contributed by atoms with Crippen LogP contribution in [0.4, 0.5) is 9.59 Å². The van der Waals surface area contributed by atoms with Crippen molar-refractivity contribution in [2.45, 2.75) is 97.2 Å². The molecule has 0 radical (unpaired) electrons. The first kappa shape index (κ1) is 27.5. The number of likely N-dealkylation sites (tertiary alicyclic amines) is 3. The molecule has 4 rings (SSSR count). The third-order valence-electron chi connectivity index (χ3n) is 9.27. The Kier molecular flexibility index (Phi) is 8.75. The van der Waals surface area contributed by atoms with Gasteiger partial charge in [0, 0.05) is 25.0 Å². The van der Waals surface area contributed by atoms with Crippen molar-refractivity contribution in [1.29, 1.82) is 0 Å². The van der Waals surface area contributed by atoms with Crippen LogP contribution < -0.4 is 5.32 Å². The van der Waals surface area contributed by atoms with Gasteiger partial charge in [0.25, 0.3) is 0 Å². The van der Waals surface area contributed by atoms with Crippen molar-refractivity contribution in [2.24, 2.45) is 10.8 Å². The summed E-state index contributed by atoms with van der Waals surface area (Å²) in [5.74, 6) is 0. The molecule has 4 heterocycles. The van der Waals surface area contributed by atoms with Gasteiger partial charge < -0.3 is 29.5 Å². The molecule has 8 nitrogen and oxygen atoms in total. The summed E-state index contributed by atoms with van der Waals surface area (Å²) >= 11 is 0. The first-order valence-corrected chi connectivity index (χ1v) is 14.5. The van der Waals surface area contributed by atoms with Gasteiger partial charge in [-0.15, -0.1) is 0 Å². The van der Waals surface area contributed by atoms with Crippen LogP contribution >= 0.6 is 0 Å². The smallest absolute Gasteiger partial charge is 0.410 e. The third-order valence-corrected chi connectivity index (χ3v) is 9.27. The predicted octanol–water partition coefficient (Wildman–Crippen LogP) is 4.48. The molecule has 4 aliphatic rings. The monoisotopic (exact) mass is 506 g/mol. The number of hydrogen-bond donors (Lipinski definition) is 1. The Morgan fingerprint density at radius 3 is 2.08 bits per heavy atom. The highest BCUT2D eigenvalue weighted by atomic mass is 16.6. The summed E-state index contributed by atoms with van der Waals surface area (Å²) in [6.45, 7) is 16.0. The zero-order valence-corrected chi connectivity index (χ0v) is 23.3. The Hall–Kier alpha value is -1.54. The number of unbranched alkanes of at least 4 members (excludes halogenated alkanes) is 1. The molecule has 0 aliphatic carbocycles. The Balaban J connectivity index is 1.40. The van der Waals surface area contributed by atoms with Crippen molar-refractivity contribution >= 4 is 12.2 Å². The van der Waals surface area contributed by atoms with Gasteiger partial charge in [-0.2, -0.15) is 0 Å². The normalized spacial score (nSPS) is 26.7. The molecule has 36 heavy (non-hydrogen) atoms. The third kappa shape index (κ3) is 6.66. The fourth-order valence-electron chi connectivity index (χ4n) is 6.65. The highest BCUT2D eigenvalue weighted by Gasteiger charge is 2.49. The number of piperidine rings is 4. The van der Waals surface area contributed by atoms with E-state index in [1.54, 1.807) is 4.90 Å². The van der Waals surface area contributed by atoms with Gasteiger partial charge in [-0.25, -0.2) is 9.59 Å². The molecule has 2 amide bonds. The van der Waals surface area contributed by atoms with Crippen molar-refractivity contribution in [3.05, 3.63) is 0 Å². The number of rotatable bonds is 4. The maximum atomic E-state index is 13.4. The van der Waals surface area contributed by atoms with Crippen molar-refractivity contribution in [1.82, 2.24) is 20.0 Å². The summed E-state index contributed by atoms with van der Waals surface area (Å²) in [5.41, 5.74) is -0.197. The number of nitrogens with one attached hydrogen (secondary N) is 1. The molecule has 4 fully saturated rings. The Morgan fingerprint density at radius 1 is 0.861 bits per heavy atom. The molecule has 2 spiro atoms. The van der Waals surface area contributed by atoms with Crippen LogP contribution in [0.1, 0.15) is 85.5 Å². The van der Waals surface area contributed by atoms with Gasteiger partial charge in [0.2, 0.25) is 0 Å². The summed E-state index contributed by atoms with van der Waals surface area (Å²) in [6.07, 6.45) is 9.11. The molecular formula is C28H50N4O4. The van der Waals surface area contributed by atoms with E-state index in [0.29, 0.717) is 18.5 Å². The zero-order valence-electron chi connectivity index (χ0n) is 23.3. The van der Waals surface area contributed by atoms with Crippen LogP contribution in [0.25, 0.3) is 0 Å². The lowest BCUT2D eigenvalue weighted by atomic mass is 9.69. The van der Waals surface area contributed by atoms with Gasteiger partial charge >= 0.3 is 12.2 Å². The molecule has 0 aromatic carbocycles. The van der Waals surface area contributed by atoms with E-state index in [9.17, 15) is 9.59 Å². The molecule has 1 N–H and O–H groups in total. The van der Waals surface area contributed by atoms with Crippen LogP contribution in [0.2, 0.25) is 0 Å².